The number of oxazole rings is 1. The molecule has 0 bridgehead atoms. The van der Waals surface area contributed by atoms with Gasteiger partial charge in [0.15, 0.2) is 5.58 Å². The number of nitrogens with zero attached hydrogens (tertiary/aromatic N) is 2. The van der Waals surface area contributed by atoms with Crippen LogP contribution in [0.4, 0.5) is 11.4 Å². The number of hydrogen-bond acceptors (Lipinski definition) is 5. The Labute approximate surface area is 181 Å². The number of benzene rings is 2. The molecule has 1 N–H and O–H groups in total. The molecule has 1 aliphatic rings. The highest BCUT2D eigenvalue weighted by Gasteiger charge is 2.27. The smallest absolute Gasteiger partial charge is 0.271 e. The van der Waals surface area contributed by atoms with Crippen LogP contribution in [-0.4, -0.2) is 15.8 Å². The molecule has 1 saturated carbocycles. The molecule has 7 nitrogen and oxygen atoms in total. The summed E-state index contributed by atoms with van der Waals surface area (Å²) in [6.07, 6.45) is 7.84. The summed E-state index contributed by atoms with van der Waals surface area (Å²) in [7, 11) is 0. The molecule has 1 heterocycles. The van der Waals surface area contributed by atoms with Crippen LogP contribution in [0.2, 0.25) is 0 Å². The lowest BCUT2D eigenvalue weighted by molar-refractivity contribution is -0.384. The van der Waals surface area contributed by atoms with Crippen LogP contribution in [0.25, 0.3) is 22.6 Å². The highest BCUT2D eigenvalue weighted by Crippen LogP contribution is 2.35. The average Bonchev–Trinajstić information content (AvgIpc) is 3.21. The lowest BCUT2D eigenvalue weighted by Crippen LogP contribution is -2.27. The molecule has 1 aliphatic carbocycles. The van der Waals surface area contributed by atoms with Gasteiger partial charge in [0.2, 0.25) is 11.8 Å². The fourth-order valence-corrected chi connectivity index (χ4v) is 4.36. The maximum Gasteiger partial charge on any atom is 0.271 e. The number of rotatable bonds is 7. The number of nitro benzene ring substituents is 1. The van der Waals surface area contributed by atoms with Gasteiger partial charge in [-0.3, -0.25) is 14.9 Å². The molecule has 4 rings (SSSR count). The highest BCUT2D eigenvalue weighted by molar-refractivity contribution is 5.96. The number of nitro groups is 1. The molecule has 0 spiro atoms. The molecule has 0 atom stereocenters. The Hall–Kier alpha value is -3.22. The SMILES string of the molecule is CCCCC1CCC(C(=O)Nc2ccccc2-c2nc3cc([N+](=O)[O-])ccc3o2)CC1. The normalized spacial score (nSPS) is 18.7. The quantitative estimate of drug-likeness (QED) is 0.355. The highest BCUT2D eigenvalue weighted by atomic mass is 16.6. The van der Waals surface area contributed by atoms with Gasteiger partial charge >= 0.3 is 0 Å². The molecule has 0 unspecified atom stereocenters. The number of amides is 1. The van der Waals surface area contributed by atoms with Crippen LogP contribution in [0.1, 0.15) is 51.9 Å². The first-order valence-corrected chi connectivity index (χ1v) is 11.0. The van der Waals surface area contributed by atoms with Gasteiger partial charge in [-0.15, -0.1) is 0 Å². The summed E-state index contributed by atoms with van der Waals surface area (Å²) in [6.45, 7) is 2.22. The first-order chi connectivity index (χ1) is 15.0. The third-order valence-electron chi connectivity index (χ3n) is 6.18. The monoisotopic (exact) mass is 421 g/mol. The molecule has 1 aromatic heterocycles. The van der Waals surface area contributed by atoms with Gasteiger partial charge in [0.25, 0.3) is 5.69 Å². The number of para-hydroxylation sites is 1. The fourth-order valence-electron chi connectivity index (χ4n) is 4.36. The molecular formula is C24H27N3O4. The molecule has 31 heavy (non-hydrogen) atoms. The standard InChI is InChI=1S/C24H27N3O4/c1-2-3-6-16-9-11-17(12-10-16)23(28)25-20-8-5-4-7-19(20)24-26-21-15-18(27(29)30)13-14-22(21)31-24/h4-5,7-8,13-17H,2-3,6,9-12H2,1H3,(H,25,28). The van der Waals surface area contributed by atoms with Crippen molar-refractivity contribution in [1.82, 2.24) is 4.98 Å². The van der Waals surface area contributed by atoms with Gasteiger partial charge in [0.1, 0.15) is 5.52 Å². The van der Waals surface area contributed by atoms with Crippen molar-refractivity contribution in [3.05, 3.63) is 52.6 Å². The molecule has 1 amide bonds. The van der Waals surface area contributed by atoms with E-state index in [0.717, 1.165) is 31.6 Å². The number of unbranched alkanes of at least 4 members (excludes halogenated alkanes) is 1. The Morgan fingerprint density at radius 1 is 1.19 bits per heavy atom. The number of carbonyl (C=O) groups excluding carboxylic acids is 1. The molecule has 0 saturated heterocycles. The summed E-state index contributed by atoms with van der Waals surface area (Å²) < 4.78 is 5.82. The van der Waals surface area contributed by atoms with Crippen LogP contribution in [0, 0.1) is 22.0 Å². The third kappa shape index (κ3) is 4.76. The van der Waals surface area contributed by atoms with Crippen molar-refractivity contribution in [2.24, 2.45) is 11.8 Å². The summed E-state index contributed by atoms with van der Waals surface area (Å²) in [5.74, 6) is 1.14. The van der Waals surface area contributed by atoms with E-state index >= 15 is 0 Å². The van der Waals surface area contributed by atoms with E-state index in [1.54, 1.807) is 6.07 Å². The van der Waals surface area contributed by atoms with Gasteiger partial charge in [-0.05, 0) is 49.8 Å². The van der Waals surface area contributed by atoms with Crippen molar-refractivity contribution in [1.29, 1.82) is 0 Å². The number of non-ortho nitro benzene ring substituents is 1. The Bertz CT molecular complexity index is 1080. The van der Waals surface area contributed by atoms with Crippen LogP contribution in [-0.2, 0) is 4.79 Å². The summed E-state index contributed by atoms with van der Waals surface area (Å²) in [6, 6.07) is 11.7. The predicted octanol–water partition coefficient (Wildman–Crippen LogP) is 6.34. The van der Waals surface area contributed by atoms with E-state index in [1.165, 1.54) is 31.4 Å². The Morgan fingerprint density at radius 2 is 1.97 bits per heavy atom. The minimum atomic E-state index is -0.459. The molecule has 7 heteroatoms. The molecule has 162 valence electrons. The zero-order valence-corrected chi connectivity index (χ0v) is 17.7. The lowest BCUT2D eigenvalue weighted by atomic mass is 9.79. The summed E-state index contributed by atoms with van der Waals surface area (Å²) in [5, 5.41) is 14.1. The average molecular weight is 421 g/mol. The number of anilines is 1. The maximum atomic E-state index is 12.9. The van der Waals surface area contributed by atoms with Gasteiger partial charge < -0.3 is 9.73 Å². The summed E-state index contributed by atoms with van der Waals surface area (Å²) in [4.78, 5) is 27.9. The van der Waals surface area contributed by atoms with E-state index in [0.29, 0.717) is 28.2 Å². The lowest BCUT2D eigenvalue weighted by Gasteiger charge is -2.27. The Morgan fingerprint density at radius 3 is 2.71 bits per heavy atom. The van der Waals surface area contributed by atoms with E-state index in [-0.39, 0.29) is 17.5 Å². The van der Waals surface area contributed by atoms with Gasteiger partial charge in [-0.1, -0.05) is 38.3 Å². The number of hydrogen-bond donors (Lipinski definition) is 1. The summed E-state index contributed by atoms with van der Waals surface area (Å²) >= 11 is 0. The third-order valence-corrected chi connectivity index (χ3v) is 6.18. The number of aromatic nitrogens is 1. The van der Waals surface area contributed by atoms with Crippen molar-refractivity contribution < 1.29 is 14.1 Å². The zero-order valence-electron chi connectivity index (χ0n) is 17.7. The van der Waals surface area contributed by atoms with Gasteiger partial charge in [-0.2, -0.15) is 0 Å². The number of carbonyl (C=O) groups is 1. The molecule has 1 fully saturated rings. The Kier molecular flexibility index (Phi) is 6.30. The minimum Gasteiger partial charge on any atom is -0.436 e. The molecule has 2 aromatic carbocycles. The molecule has 3 aromatic rings. The van der Waals surface area contributed by atoms with Crippen LogP contribution in [0.5, 0.6) is 0 Å². The van der Waals surface area contributed by atoms with Crippen LogP contribution >= 0.6 is 0 Å². The number of fused-ring (bicyclic) bond motifs is 1. The molecular weight excluding hydrogens is 394 g/mol. The predicted molar refractivity (Wildman–Crippen MR) is 120 cm³/mol. The van der Waals surface area contributed by atoms with Gasteiger partial charge in [-0.25, -0.2) is 4.98 Å². The van der Waals surface area contributed by atoms with Crippen molar-refractivity contribution in [2.45, 2.75) is 51.9 Å². The topological polar surface area (TPSA) is 98.3 Å². The Balaban J connectivity index is 1.50. The van der Waals surface area contributed by atoms with Crippen LogP contribution in [0.15, 0.2) is 46.9 Å². The van der Waals surface area contributed by atoms with Crippen molar-refractivity contribution in [3.8, 4) is 11.5 Å². The van der Waals surface area contributed by atoms with E-state index in [9.17, 15) is 14.9 Å². The summed E-state index contributed by atoms with van der Waals surface area (Å²) in [5.41, 5.74) is 2.14. The maximum absolute atomic E-state index is 12.9. The first kappa shape index (κ1) is 21.0. The molecule has 0 radical (unpaired) electrons. The van der Waals surface area contributed by atoms with Crippen LogP contribution in [0.3, 0.4) is 0 Å². The fraction of sp³-hybridized carbons (Fsp3) is 0.417. The van der Waals surface area contributed by atoms with Crippen molar-refractivity contribution in [3.63, 3.8) is 0 Å². The first-order valence-electron chi connectivity index (χ1n) is 11.0. The zero-order chi connectivity index (χ0) is 21.8. The van der Waals surface area contributed by atoms with Crippen LogP contribution < -0.4 is 5.32 Å². The largest absolute Gasteiger partial charge is 0.436 e. The van der Waals surface area contributed by atoms with E-state index in [1.807, 2.05) is 24.3 Å². The van der Waals surface area contributed by atoms with Gasteiger partial charge in [0.05, 0.1) is 16.2 Å². The van der Waals surface area contributed by atoms with E-state index < -0.39 is 4.92 Å². The van der Waals surface area contributed by atoms with Crippen molar-refractivity contribution >= 4 is 28.4 Å². The minimum absolute atomic E-state index is 0.0252. The second-order valence-corrected chi connectivity index (χ2v) is 8.32. The van der Waals surface area contributed by atoms with E-state index in [4.69, 9.17) is 4.42 Å². The van der Waals surface area contributed by atoms with Gasteiger partial charge in [0, 0.05) is 18.1 Å². The molecule has 0 aliphatic heterocycles. The van der Waals surface area contributed by atoms with Crippen molar-refractivity contribution in [2.75, 3.05) is 5.32 Å². The van der Waals surface area contributed by atoms with E-state index in [2.05, 4.69) is 17.2 Å². The number of nitrogens with one attached hydrogen (secondary N) is 1. The second-order valence-electron chi connectivity index (χ2n) is 8.32. The second kappa shape index (κ2) is 9.29.